The van der Waals surface area contributed by atoms with Crippen LogP contribution < -0.4 is 11.5 Å². The van der Waals surface area contributed by atoms with Crippen molar-refractivity contribution in [3.8, 4) is 22.5 Å². The van der Waals surface area contributed by atoms with Crippen LogP contribution in [0.4, 0.5) is 18.9 Å². The molecule has 0 radical (unpaired) electrons. The summed E-state index contributed by atoms with van der Waals surface area (Å²) in [6, 6.07) is 8.22. The molecule has 1 atom stereocenters. The van der Waals surface area contributed by atoms with E-state index < -0.39 is 40.5 Å². The van der Waals surface area contributed by atoms with Crippen LogP contribution in [-0.2, 0) is 16.6 Å². The Bertz CT molecular complexity index is 1270. The molecule has 12 heteroatoms. The predicted molar refractivity (Wildman–Crippen MR) is 109 cm³/mol. The summed E-state index contributed by atoms with van der Waals surface area (Å²) in [5.41, 5.74) is 6.72. The minimum Gasteiger partial charge on any atom is -0.396 e. The van der Waals surface area contributed by atoms with Crippen molar-refractivity contribution < 1.29 is 32.4 Å². The zero-order chi connectivity index (χ0) is 24.1. The number of aliphatic hydroxyl groups is 1. The number of anilines is 1. The third kappa shape index (κ3) is 3.78. The lowest BCUT2D eigenvalue weighted by molar-refractivity contribution is -0.144. The highest BCUT2D eigenvalue weighted by Gasteiger charge is 2.48. The molecule has 0 aliphatic carbocycles. The first-order valence-corrected chi connectivity index (χ1v) is 9.65. The number of amides is 2. The number of nitrogens with zero attached hydrogens (tertiary/aromatic N) is 3. The molecule has 2 amide bonds. The zero-order valence-corrected chi connectivity index (χ0v) is 17.2. The van der Waals surface area contributed by atoms with Crippen molar-refractivity contribution in [2.24, 2.45) is 5.73 Å². The van der Waals surface area contributed by atoms with Crippen molar-refractivity contribution in [2.45, 2.75) is 18.2 Å². The maximum Gasteiger partial charge on any atom is 0.418 e. The summed E-state index contributed by atoms with van der Waals surface area (Å²) in [6.07, 6.45) is -4.70. The van der Waals surface area contributed by atoms with E-state index in [4.69, 9.17) is 16.0 Å². The summed E-state index contributed by atoms with van der Waals surface area (Å²) in [4.78, 5) is 29.2. The fourth-order valence-electron chi connectivity index (χ4n) is 3.65. The Morgan fingerprint density at radius 2 is 1.88 bits per heavy atom. The van der Waals surface area contributed by atoms with Crippen LogP contribution in [0, 0.1) is 0 Å². The average Bonchev–Trinajstić information content (AvgIpc) is 3.35. The van der Waals surface area contributed by atoms with E-state index >= 15 is 0 Å². The Kier molecular flexibility index (Phi) is 5.12. The molecule has 172 valence electrons. The number of rotatable bonds is 4. The van der Waals surface area contributed by atoms with Gasteiger partial charge in [0.25, 0.3) is 11.8 Å². The lowest BCUT2D eigenvalue weighted by Gasteiger charge is -2.16. The van der Waals surface area contributed by atoms with Crippen LogP contribution >= 0.6 is 0 Å². The fourth-order valence-corrected chi connectivity index (χ4v) is 3.65. The molecule has 1 saturated heterocycles. The number of primary amides is 1. The minimum atomic E-state index is -4.83. The Morgan fingerprint density at radius 3 is 2.45 bits per heavy atom. The van der Waals surface area contributed by atoms with Crippen molar-refractivity contribution in [1.82, 2.24) is 15.0 Å². The van der Waals surface area contributed by atoms with Gasteiger partial charge in [0.15, 0.2) is 11.5 Å². The Balaban J connectivity index is 1.76. The first kappa shape index (κ1) is 22.3. The normalized spacial score (nSPS) is 18.7. The second kappa shape index (κ2) is 7.59. The Hall–Kier alpha value is -3.93. The number of likely N-dealkylation sites (N-methyl/N-ethyl adjacent to an activating group) is 1. The number of pyridine rings is 1. The van der Waals surface area contributed by atoms with Crippen molar-refractivity contribution in [1.29, 1.82) is 0 Å². The Labute approximate surface area is 184 Å². The van der Waals surface area contributed by atoms with Gasteiger partial charge in [-0.25, -0.2) is 4.98 Å². The summed E-state index contributed by atoms with van der Waals surface area (Å²) in [7, 11) is 1.55. The van der Waals surface area contributed by atoms with E-state index in [0.717, 1.165) is 6.07 Å². The maximum atomic E-state index is 13.4. The van der Waals surface area contributed by atoms with Gasteiger partial charge in [0.2, 0.25) is 5.60 Å². The number of nitrogen functional groups attached to an aromatic ring is 1. The number of likely N-dealkylation sites (tertiary alicyclic amines) is 1. The fraction of sp³-hybridized carbons (Fsp3) is 0.238. The van der Waals surface area contributed by atoms with Crippen LogP contribution in [0.1, 0.15) is 28.2 Å². The smallest absolute Gasteiger partial charge is 0.396 e. The number of hydrogen-bond donors (Lipinski definition) is 3. The van der Waals surface area contributed by atoms with Gasteiger partial charge in [-0.2, -0.15) is 13.2 Å². The van der Waals surface area contributed by atoms with Crippen molar-refractivity contribution in [3.05, 3.63) is 53.4 Å². The molecule has 9 nitrogen and oxygen atoms in total. The van der Waals surface area contributed by atoms with E-state index in [9.17, 15) is 27.9 Å². The maximum absolute atomic E-state index is 13.4. The molecule has 1 aromatic carbocycles. The third-order valence-electron chi connectivity index (χ3n) is 5.48. The lowest BCUT2D eigenvalue weighted by Crippen LogP contribution is -2.35. The number of nitrogens with two attached hydrogens (primary N) is 2. The minimum absolute atomic E-state index is 0.0433. The molecular formula is C21H18F3N5O4. The standard InChI is InChI=1S/C21H18F3N5O4/c1-29-6-5-20(32,19(29)31)15-9-14(28-33-15)11-4-2-3-10(7-11)13-8-12(21(22,23)24)16(25)17(27-13)18(26)30/h2-4,7-9,32H,5-6,25H2,1H3,(H2,26,30). The van der Waals surface area contributed by atoms with E-state index in [0.29, 0.717) is 12.1 Å². The summed E-state index contributed by atoms with van der Waals surface area (Å²) in [6.45, 7) is 0.341. The summed E-state index contributed by atoms with van der Waals surface area (Å²) in [5.74, 6) is -1.77. The number of hydrogen-bond acceptors (Lipinski definition) is 7. The first-order valence-electron chi connectivity index (χ1n) is 9.65. The molecule has 1 fully saturated rings. The third-order valence-corrected chi connectivity index (χ3v) is 5.48. The highest BCUT2D eigenvalue weighted by Crippen LogP contribution is 2.38. The molecule has 1 unspecified atom stereocenters. The van der Waals surface area contributed by atoms with Crippen molar-refractivity contribution in [2.75, 3.05) is 19.3 Å². The zero-order valence-electron chi connectivity index (χ0n) is 17.2. The molecular weight excluding hydrogens is 443 g/mol. The van der Waals surface area contributed by atoms with Gasteiger partial charge in [0.05, 0.1) is 16.9 Å². The second-order valence-electron chi connectivity index (χ2n) is 7.67. The molecule has 1 aliphatic heterocycles. The van der Waals surface area contributed by atoms with Crippen LogP contribution in [0.3, 0.4) is 0 Å². The Morgan fingerprint density at radius 1 is 1.21 bits per heavy atom. The monoisotopic (exact) mass is 461 g/mol. The van der Waals surface area contributed by atoms with Gasteiger partial charge in [-0.3, -0.25) is 9.59 Å². The quantitative estimate of drug-likeness (QED) is 0.539. The first-order chi connectivity index (χ1) is 15.4. The highest BCUT2D eigenvalue weighted by molar-refractivity contribution is 5.97. The van der Waals surface area contributed by atoms with Crippen LogP contribution in [0.2, 0.25) is 0 Å². The van der Waals surface area contributed by atoms with E-state index in [1.807, 2.05) is 0 Å². The number of carbonyl (C=O) groups excluding carboxylic acids is 2. The molecule has 1 aliphatic rings. The largest absolute Gasteiger partial charge is 0.418 e. The molecule has 0 saturated carbocycles. The van der Waals surface area contributed by atoms with Gasteiger partial charge in [-0.15, -0.1) is 0 Å². The lowest BCUT2D eigenvalue weighted by atomic mass is 9.97. The van der Waals surface area contributed by atoms with E-state index in [1.165, 1.54) is 29.2 Å². The molecule has 5 N–H and O–H groups in total. The SMILES string of the molecule is CN1CCC(O)(c2cc(-c3cccc(-c4cc(C(F)(F)F)c(N)c(C(N)=O)n4)c3)no2)C1=O. The molecule has 2 aromatic heterocycles. The number of aromatic nitrogens is 2. The molecule has 33 heavy (non-hydrogen) atoms. The van der Waals surface area contributed by atoms with Crippen molar-refractivity contribution >= 4 is 17.5 Å². The van der Waals surface area contributed by atoms with E-state index in [-0.39, 0.29) is 29.1 Å². The van der Waals surface area contributed by atoms with Crippen LogP contribution in [0.5, 0.6) is 0 Å². The van der Waals surface area contributed by atoms with Gasteiger partial charge < -0.3 is 26.0 Å². The van der Waals surface area contributed by atoms with Crippen LogP contribution in [0.25, 0.3) is 22.5 Å². The predicted octanol–water partition coefficient (Wildman–Crippen LogP) is 2.15. The molecule has 4 rings (SSSR count). The number of carbonyl (C=O) groups is 2. The molecule has 3 heterocycles. The highest BCUT2D eigenvalue weighted by atomic mass is 19.4. The van der Waals surface area contributed by atoms with Gasteiger partial charge >= 0.3 is 6.18 Å². The average molecular weight is 461 g/mol. The summed E-state index contributed by atoms with van der Waals surface area (Å²) >= 11 is 0. The van der Waals surface area contributed by atoms with Crippen molar-refractivity contribution in [3.63, 3.8) is 0 Å². The molecule has 0 bridgehead atoms. The van der Waals surface area contributed by atoms with Gasteiger partial charge in [0, 0.05) is 37.2 Å². The molecule has 3 aromatic rings. The summed E-state index contributed by atoms with van der Waals surface area (Å²) in [5, 5.41) is 14.6. The van der Waals surface area contributed by atoms with Crippen LogP contribution in [0.15, 0.2) is 40.9 Å². The second-order valence-corrected chi connectivity index (χ2v) is 7.67. The number of alkyl halides is 3. The topological polar surface area (TPSA) is 149 Å². The van der Waals surface area contributed by atoms with E-state index in [1.54, 1.807) is 13.1 Å². The number of halogens is 3. The van der Waals surface area contributed by atoms with Gasteiger partial charge in [-0.1, -0.05) is 23.4 Å². The van der Waals surface area contributed by atoms with Crippen LogP contribution in [-0.4, -0.2) is 45.6 Å². The molecule has 0 spiro atoms. The van der Waals surface area contributed by atoms with E-state index in [2.05, 4.69) is 10.1 Å². The number of benzene rings is 1. The van der Waals surface area contributed by atoms with Gasteiger partial charge in [0.1, 0.15) is 5.69 Å². The summed E-state index contributed by atoms with van der Waals surface area (Å²) < 4.78 is 45.5. The van der Waals surface area contributed by atoms with Gasteiger partial charge in [-0.05, 0) is 12.1 Å².